The van der Waals surface area contributed by atoms with E-state index in [0.717, 1.165) is 0 Å². The second-order valence-corrected chi connectivity index (χ2v) is 8.16. The molecule has 4 N–H and O–H groups in total. The zero-order valence-corrected chi connectivity index (χ0v) is 16.7. The van der Waals surface area contributed by atoms with Gasteiger partial charge >= 0.3 is 12.3 Å². The van der Waals surface area contributed by atoms with Crippen molar-refractivity contribution < 1.29 is 26.8 Å². The number of benzene rings is 2. The van der Waals surface area contributed by atoms with Crippen molar-refractivity contribution in [2.45, 2.75) is 11.3 Å². The summed E-state index contributed by atoms with van der Waals surface area (Å²) in [6.45, 7) is 0. The van der Waals surface area contributed by atoms with Gasteiger partial charge in [-0.25, -0.2) is 8.42 Å². The van der Waals surface area contributed by atoms with E-state index in [1.807, 2.05) is 5.43 Å². The van der Waals surface area contributed by atoms with Gasteiger partial charge in [0, 0.05) is 11.4 Å². The monoisotopic (exact) mass is 444 g/mol. The summed E-state index contributed by atoms with van der Waals surface area (Å²) in [5, 5.41) is 2.61. The molecule has 12 heteroatoms. The number of hydrazine groups is 1. The van der Waals surface area contributed by atoms with Crippen molar-refractivity contribution in [3.63, 3.8) is 0 Å². The Balaban J connectivity index is 2.05. The molecule has 8 nitrogen and oxygen atoms in total. The normalized spacial score (nSPS) is 11.0. The van der Waals surface area contributed by atoms with Crippen molar-refractivity contribution >= 4 is 50.7 Å². The van der Waals surface area contributed by atoms with Gasteiger partial charge in [0.05, 0.1) is 16.3 Å². The SMILES string of the molecule is CSCC(=O)Nc1cccc(S(=O)(=O)Nc2ccc(NNC(=O)C(F)F)cc2)c1. The number of sulfonamides is 1. The lowest BCUT2D eigenvalue weighted by molar-refractivity contribution is -0.131. The summed E-state index contributed by atoms with van der Waals surface area (Å²) in [4.78, 5) is 22.4. The van der Waals surface area contributed by atoms with E-state index >= 15 is 0 Å². The van der Waals surface area contributed by atoms with Gasteiger partial charge < -0.3 is 5.32 Å². The maximum absolute atomic E-state index is 12.6. The van der Waals surface area contributed by atoms with E-state index in [9.17, 15) is 26.8 Å². The summed E-state index contributed by atoms with van der Waals surface area (Å²) in [6.07, 6.45) is -1.38. The minimum absolute atomic E-state index is 0.0501. The smallest absolute Gasteiger partial charge is 0.317 e. The van der Waals surface area contributed by atoms with E-state index in [-0.39, 0.29) is 27.9 Å². The van der Waals surface area contributed by atoms with Crippen LogP contribution in [0.15, 0.2) is 53.4 Å². The predicted octanol–water partition coefficient (Wildman–Crippen LogP) is 2.50. The van der Waals surface area contributed by atoms with Crippen molar-refractivity contribution in [3.8, 4) is 0 Å². The summed E-state index contributed by atoms with van der Waals surface area (Å²) in [6, 6.07) is 11.3. The Morgan fingerprint density at radius 3 is 2.31 bits per heavy atom. The van der Waals surface area contributed by atoms with E-state index in [1.54, 1.807) is 12.3 Å². The largest absolute Gasteiger partial charge is 0.325 e. The molecule has 0 unspecified atom stereocenters. The van der Waals surface area contributed by atoms with Gasteiger partial charge in [-0.15, -0.1) is 0 Å². The first-order valence-corrected chi connectivity index (χ1v) is 10.9. The van der Waals surface area contributed by atoms with Crippen LogP contribution in [0.4, 0.5) is 25.8 Å². The first-order chi connectivity index (χ1) is 13.7. The van der Waals surface area contributed by atoms with Crippen molar-refractivity contribution in [2.75, 3.05) is 27.5 Å². The van der Waals surface area contributed by atoms with Crippen molar-refractivity contribution in [1.29, 1.82) is 0 Å². The highest BCUT2D eigenvalue weighted by Gasteiger charge is 2.16. The van der Waals surface area contributed by atoms with Crippen molar-refractivity contribution in [3.05, 3.63) is 48.5 Å². The molecule has 0 aliphatic heterocycles. The Hall–Kier alpha value is -2.86. The molecule has 2 aromatic rings. The van der Waals surface area contributed by atoms with E-state index in [4.69, 9.17) is 0 Å². The number of rotatable bonds is 9. The van der Waals surface area contributed by atoms with Crippen LogP contribution >= 0.6 is 11.8 Å². The average Bonchev–Trinajstić information content (AvgIpc) is 2.67. The molecule has 0 saturated heterocycles. The molecular formula is C17H18F2N4O4S2. The van der Waals surface area contributed by atoms with Gasteiger partial charge in [0.15, 0.2) is 0 Å². The summed E-state index contributed by atoms with van der Waals surface area (Å²) >= 11 is 1.34. The van der Waals surface area contributed by atoms with Gasteiger partial charge in [-0.1, -0.05) is 6.07 Å². The van der Waals surface area contributed by atoms with Crippen molar-refractivity contribution in [2.24, 2.45) is 0 Å². The molecule has 29 heavy (non-hydrogen) atoms. The fourth-order valence-electron chi connectivity index (χ4n) is 2.09. The van der Waals surface area contributed by atoms with Crippen molar-refractivity contribution in [1.82, 2.24) is 5.43 Å². The molecule has 0 fully saturated rings. The fourth-order valence-corrected chi connectivity index (χ4v) is 3.53. The van der Waals surface area contributed by atoms with Gasteiger partial charge in [-0.05, 0) is 48.7 Å². The number of hydrogen-bond acceptors (Lipinski definition) is 6. The molecule has 0 aliphatic carbocycles. The molecular weight excluding hydrogens is 426 g/mol. The number of alkyl halides is 2. The Morgan fingerprint density at radius 1 is 1.03 bits per heavy atom. The molecule has 0 aromatic heterocycles. The van der Waals surface area contributed by atoms with Gasteiger partial charge in [-0.2, -0.15) is 20.5 Å². The summed E-state index contributed by atoms with van der Waals surface area (Å²) in [5.41, 5.74) is 4.94. The highest BCUT2D eigenvalue weighted by atomic mass is 32.2. The maximum atomic E-state index is 12.6. The van der Waals surface area contributed by atoms with Gasteiger partial charge in [0.2, 0.25) is 5.91 Å². The number of nitrogens with one attached hydrogen (secondary N) is 4. The van der Waals surface area contributed by atoms with Gasteiger partial charge in [0.1, 0.15) is 0 Å². The van der Waals surface area contributed by atoms with Crippen LogP contribution < -0.4 is 20.9 Å². The lowest BCUT2D eigenvalue weighted by Crippen LogP contribution is -2.34. The third-order valence-corrected chi connectivity index (χ3v) is 5.30. The number of anilines is 3. The van der Waals surface area contributed by atoms with Crippen LogP contribution in [0.5, 0.6) is 0 Å². The molecule has 0 saturated carbocycles. The number of halogens is 2. The molecule has 0 heterocycles. The van der Waals surface area contributed by atoms with Crippen LogP contribution in [0.3, 0.4) is 0 Å². The minimum atomic E-state index is -3.93. The van der Waals surface area contributed by atoms with Crippen LogP contribution in [0.2, 0.25) is 0 Å². The van der Waals surface area contributed by atoms with E-state index in [1.165, 1.54) is 54.2 Å². The summed E-state index contributed by atoms with van der Waals surface area (Å²) in [5.74, 6) is -1.49. The topological polar surface area (TPSA) is 116 Å². The van der Waals surface area contributed by atoms with Crippen LogP contribution in [0.25, 0.3) is 0 Å². The van der Waals surface area contributed by atoms with E-state index in [0.29, 0.717) is 5.69 Å². The van der Waals surface area contributed by atoms with E-state index < -0.39 is 22.4 Å². The Morgan fingerprint density at radius 2 is 1.69 bits per heavy atom. The van der Waals surface area contributed by atoms with Gasteiger partial charge in [0.25, 0.3) is 10.0 Å². The van der Waals surface area contributed by atoms with E-state index in [2.05, 4.69) is 15.5 Å². The number of carbonyl (C=O) groups is 2. The zero-order valence-electron chi connectivity index (χ0n) is 15.1. The Labute approximate surface area is 170 Å². The second kappa shape index (κ2) is 10.1. The number of thioether (sulfide) groups is 1. The molecule has 2 rings (SSSR count). The standard InChI is InChI=1S/C17H18F2N4O4S2/c1-28-10-15(24)20-13-3-2-4-14(9-13)29(26,27)23-12-7-5-11(6-8-12)21-22-17(25)16(18)19/h2-9,16,21,23H,10H2,1H3,(H,20,24)(H,22,25). The lowest BCUT2D eigenvalue weighted by Gasteiger charge is -2.11. The molecule has 0 aliphatic rings. The quantitative estimate of drug-likeness (QED) is 0.442. The maximum Gasteiger partial charge on any atom is 0.317 e. The highest BCUT2D eigenvalue weighted by Crippen LogP contribution is 2.20. The Bertz CT molecular complexity index is 970. The summed E-state index contributed by atoms with van der Waals surface area (Å²) < 4.78 is 51.7. The number of hydrogen-bond donors (Lipinski definition) is 4. The molecule has 2 amide bonds. The van der Waals surface area contributed by atoms with Crippen LogP contribution in [-0.4, -0.2) is 38.7 Å². The van der Waals surface area contributed by atoms with Gasteiger partial charge in [-0.3, -0.25) is 25.2 Å². The first-order valence-electron chi connectivity index (χ1n) is 8.07. The first kappa shape index (κ1) is 22.4. The van der Waals surface area contributed by atoms with Crippen LogP contribution in [0, 0.1) is 0 Å². The minimum Gasteiger partial charge on any atom is -0.325 e. The number of carbonyl (C=O) groups excluding carboxylic acids is 2. The number of amides is 2. The fraction of sp³-hybridized carbons (Fsp3) is 0.176. The molecule has 0 radical (unpaired) electrons. The Kier molecular flexibility index (Phi) is 7.79. The zero-order chi connectivity index (χ0) is 21.4. The summed E-state index contributed by atoms with van der Waals surface area (Å²) in [7, 11) is -3.93. The molecule has 2 aromatic carbocycles. The highest BCUT2D eigenvalue weighted by molar-refractivity contribution is 7.99. The predicted molar refractivity (Wildman–Crippen MR) is 108 cm³/mol. The lowest BCUT2D eigenvalue weighted by atomic mass is 10.3. The molecule has 0 bridgehead atoms. The van der Waals surface area contributed by atoms with Crippen LogP contribution in [0.1, 0.15) is 0 Å². The molecule has 156 valence electrons. The third kappa shape index (κ3) is 6.91. The molecule has 0 spiro atoms. The second-order valence-electron chi connectivity index (χ2n) is 5.61. The average molecular weight is 444 g/mol. The third-order valence-electron chi connectivity index (χ3n) is 3.37. The molecule has 0 atom stereocenters. The van der Waals surface area contributed by atoms with Crippen LogP contribution in [-0.2, 0) is 19.6 Å².